The van der Waals surface area contributed by atoms with Gasteiger partial charge in [-0.3, -0.25) is 14.3 Å². The summed E-state index contributed by atoms with van der Waals surface area (Å²) in [6.07, 6.45) is 8.98. The molecular weight excluding hydrogens is 364 g/mol. The van der Waals surface area contributed by atoms with Crippen LogP contribution in [-0.4, -0.2) is 27.6 Å². The van der Waals surface area contributed by atoms with Crippen LogP contribution in [0.1, 0.15) is 57.1 Å². The van der Waals surface area contributed by atoms with E-state index in [9.17, 15) is 9.59 Å². The first-order valence-corrected chi connectivity index (χ1v) is 10.7. The van der Waals surface area contributed by atoms with Gasteiger partial charge in [-0.15, -0.1) is 0 Å². The molecule has 0 spiro atoms. The van der Waals surface area contributed by atoms with Crippen molar-refractivity contribution in [1.29, 1.82) is 0 Å². The van der Waals surface area contributed by atoms with Crippen LogP contribution in [0.25, 0.3) is 0 Å². The third-order valence-corrected chi connectivity index (χ3v) is 5.62. The predicted molar refractivity (Wildman–Crippen MR) is 113 cm³/mol. The maximum atomic E-state index is 12.7. The van der Waals surface area contributed by atoms with Crippen LogP contribution >= 0.6 is 0 Å². The highest BCUT2D eigenvalue weighted by atomic mass is 16.2. The van der Waals surface area contributed by atoms with Gasteiger partial charge >= 0.3 is 0 Å². The molecule has 0 bridgehead atoms. The van der Waals surface area contributed by atoms with E-state index in [4.69, 9.17) is 0 Å². The Kier molecular flexibility index (Phi) is 7.44. The number of carbonyl (C=O) groups excluding carboxylic acids is 2. The number of amides is 2. The molecule has 1 saturated carbocycles. The molecule has 2 N–H and O–H groups in total. The molecule has 0 radical (unpaired) electrons. The summed E-state index contributed by atoms with van der Waals surface area (Å²) in [7, 11) is 0. The zero-order valence-electron chi connectivity index (χ0n) is 17.4. The molecule has 1 atom stereocenters. The molecular formula is C23H32N4O2. The highest BCUT2D eigenvalue weighted by molar-refractivity contribution is 5.88. The molecule has 1 fully saturated rings. The molecule has 0 unspecified atom stereocenters. The minimum atomic E-state index is -0.497. The van der Waals surface area contributed by atoms with E-state index in [1.165, 1.54) is 6.42 Å². The van der Waals surface area contributed by atoms with Gasteiger partial charge in [0.1, 0.15) is 6.04 Å². The second-order valence-corrected chi connectivity index (χ2v) is 8.30. The second kappa shape index (κ2) is 10.2. The first-order chi connectivity index (χ1) is 14.0. The average molecular weight is 397 g/mol. The first-order valence-electron chi connectivity index (χ1n) is 10.7. The summed E-state index contributed by atoms with van der Waals surface area (Å²) in [4.78, 5) is 25.3. The minimum Gasteiger partial charge on any atom is -0.350 e. The topological polar surface area (TPSA) is 76.0 Å². The van der Waals surface area contributed by atoms with Gasteiger partial charge in [-0.05, 0) is 36.0 Å². The zero-order chi connectivity index (χ0) is 20.6. The van der Waals surface area contributed by atoms with E-state index in [-0.39, 0.29) is 23.7 Å². The van der Waals surface area contributed by atoms with Crippen LogP contribution in [0.4, 0.5) is 0 Å². The van der Waals surface area contributed by atoms with Gasteiger partial charge in [0.2, 0.25) is 11.8 Å². The van der Waals surface area contributed by atoms with Crippen LogP contribution in [-0.2, 0) is 22.7 Å². The van der Waals surface area contributed by atoms with Crippen LogP contribution in [0.15, 0.2) is 42.7 Å². The van der Waals surface area contributed by atoms with E-state index in [1.54, 1.807) is 6.20 Å². The molecule has 3 rings (SSSR count). The lowest BCUT2D eigenvalue weighted by molar-refractivity contribution is -0.132. The van der Waals surface area contributed by atoms with Crippen molar-refractivity contribution < 1.29 is 9.59 Å². The average Bonchev–Trinajstić information content (AvgIpc) is 3.24. The summed E-state index contributed by atoms with van der Waals surface area (Å²) in [6, 6.07) is 9.54. The summed E-state index contributed by atoms with van der Waals surface area (Å²) in [5, 5.41) is 10.2. The number of nitrogens with one attached hydrogen (secondary N) is 2. The molecule has 2 aromatic rings. The van der Waals surface area contributed by atoms with Crippen molar-refractivity contribution in [3.63, 3.8) is 0 Å². The molecule has 1 aromatic carbocycles. The fourth-order valence-electron chi connectivity index (χ4n) is 3.81. The second-order valence-electron chi connectivity index (χ2n) is 8.30. The van der Waals surface area contributed by atoms with Crippen molar-refractivity contribution in [1.82, 2.24) is 20.4 Å². The summed E-state index contributed by atoms with van der Waals surface area (Å²) < 4.78 is 1.87. The lowest BCUT2D eigenvalue weighted by Gasteiger charge is -2.26. The Bertz CT molecular complexity index is 778. The quantitative estimate of drug-likeness (QED) is 0.719. The molecule has 1 aromatic heterocycles. The number of aromatic nitrogens is 2. The summed E-state index contributed by atoms with van der Waals surface area (Å²) >= 11 is 0. The van der Waals surface area contributed by atoms with E-state index in [2.05, 4.69) is 15.7 Å². The van der Waals surface area contributed by atoms with Crippen LogP contribution in [0.2, 0.25) is 0 Å². The van der Waals surface area contributed by atoms with E-state index >= 15 is 0 Å². The third kappa shape index (κ3) is 6.17. The van der Waals surface area contributed by atoms with E-state index < -0.39 is 6.04 Å². The van der Waals surface area contributed by atoms with E-state index in [0.29, 0.717) is 6.54 Å². The Balaban J connectivity index is 1.51. The van der Waals surface area contributed by atoms with Gasteiger partial charge in [-0.2, -0.15) is 5.10 Å². The Morgan fingerprint density at radius 1 is 1.10 bits per heavy atom. The normalized spacial score (nSPS) is 15.8. The zero-order valence-corrected chi connectivity index (χ0v) is 17.4. The van der Waals surface area contributed by atoms with Crippen molar-refractivity contribution in [2.24, 2.45) is 11.8 Å². The molecule has 156 valence electrons. The molecule has 1 heterocycles. The molecule has 0 aliphatic heterocycles. The lowest BCUT2D eigenvalue weighted by Crippen LogP contribution is -2.51. The summed E-state index contributed by atoms with van der Waals surface area (Å²) in [5.41, 5.74) is 2.19. The minimum absolute atomic E-state index is 0.0292. The van der Waals surface area contributed by atoms with Crippen LogP contribution < -0.4 is 10.6 Å². The predicted octanol–water partition coefficient (Wildman–Crippen LogP) is 3.27. The van der Waals surface area contributed by atoms with Gasteiger partial charge in [0.15, 0.2) is 0 Å². The molecule has 6 nitrogen and oxygen atoms in total. The highest BCUT2D eigenvalue weighted by Crippen LogP contribution is 2.24. The largest absolute Gasteiger partial charge is 0.350 e. The maximum Gasteiger partial charge on any atom is 0.243 e. The number of rotatable bonds is 8. The Morgan fingerprint density at radius 2 is 1.79 bits per heavy atom. The molecule has 6 heteroatoms. The molecule has 1 aliphatic carbocycles. The maximum absolute atomic E-state index is 12.7. The van der Waals surface area contributed by atoms with Crippen molar-refractivity contribution in [2.75, 3.05) is 0 Å². The molecule has 29 heavy (non-hydrogen) atoms. The smallest absolute Gasteiger partial charge is 0.243 e. The van der Waals surface area contributed by atoms with Crippen molar-refractivity contribution in [2.45, 2.75) is 65.1 Å². The van der Waals surface area contributed by atoms with Gasteiger partial charge in [-0.25, -0.2) is 0 Å². The monoisotopic (exact) mass is 396 g/mol. The fourth-order valence-corrected chi connectivity index (χ4v) is 3.81. The van der Waals surface area contributed by atoms with E-state index in [0.717, 1.165) is 43.4 Å². The Hall–Kier alpha value is -2.63. The molecule has 1 aliphatic rings. The summed E-state index contributed by atoms with van der Waals surface area (Å²) in [6.45, 7) is 5.11. The highest BCUT2D eigenvalue weighted by Gasteiger charge is 2.28. The Labute approximate surface area is 173 Å². The fraction of sp³-hybridized carbons (Fsp3) is 0.522. The third-order valence-electron chi connectivity index (χ3n) is 5.62. The first kappa shape index (κ1) is 21.1. The van der Waals surface area contributed by atoms with Crippen molar-refractivity contribution >= 4 is 11.8 Å². The lowest BCUT2D eigenvalue weighted by atomic mass is 9.88. The van der Waals surface area contributed by atoms with Crippen molar-refractivity contribution in [3.05, 3.63) is 53.9 Å². The number of nitrogens with zero attached hydrogens (tertiary/aromatic N) is 2. The standard InChI is InChI=1S/C23H32N4O2/c1-17(2)21(26-22(28)20-7-4-3-5-8-20)23(29)24-15-18-9-11-19(12-10-18)16-27-14-6-13-25-27/h6,9-14,17,20-21H,3-5,7-8,15-16H2,1-2H3,(H,24,29)(H,26,28)/t21-/m0/s1. The van der Waals surface area contributed by atoms with Gasteiger partial charge in [0.05, 0.1) is 6.54 Å². The number of benzene rings is 1. The SMILES string of the molecule is CC(C)[C@H](NC(=O)C1CCCCC1)C(=O)NCc1ccc(Cn2cccn2)cc1. The van der Waals surface area contributed by atoms with Gasteiger partial charge < -0.3 is 10.6 Å². The molecule has 0 saturated heterocycles. The number of hydrogen-bond donors (Lipinski definition) is 2. The number of hydrogen-bond acceptors (Lipinski definition) is 3. The van der Waals surface area contributed by atoms with Crippen LogP contribution in [0, 0.1) is 11.8 Å². The number of carbonyl (C=O) groups is 2. The van der Waals surface area contributed by atoms with Crippen LogP contribution in [0.5, 0.6) is 0 Å². The van der Waals surface area contributed by atoms with Gasteiger partial charge in [0, 0.05) is 24.9 Å². The summed E-state index contributed by atoms with van der Waals surface area (Å²) in [5.74, 6) is 0.00502. The van der Waals surface area contributed by atoms with E-state index in [1.807, 2.05) is 55.1 Å². The molecule has 2 amide bonds. The Morgan fingerprint density at radius 3 is 2.41 bits per heavy atom. The van der Waals surface area contributed by atoms with Crippen molar-refractivity contribution in [3.8, 4) is 0 Å². The van der Waals surface area contributed by atoms with Crippen LogP contribution in [0.3, 0.4) is 0 Å². The van der Waals surface area contributed by atoms with Gasteiger partial charge in [0.25, 0.3) is 0 Å². The van der Waals surface area contributed by atoms with Gasteiger partial charge in [-0.1, -0.05) is 57.4 Å².